The summed E-state index contributed by atoms with van der Waals surface area (Å²) >= 11 is 0. The third-order valence-corrected chi connectivity index (χ3v) is 6.01. The first kappa shape index (κ1) is 18.6. The number of nitrogens with one attached hydrogen (secondary N) is 1. The van der Waals surface area contributed by atoms with E-state index in [1.165, 1.54) is 0 Å². The van der Waals surface area contributed by atoms with Gasteiger partial charge in [0.05, 0.1) is 12.5 Å². The molecule has 3 aromatic rings. The molecule has 154 valence electrons. The Morgan fingerprint density at radius 1 is 1.03 bits per heavy atom. The van der Waals surface area contributed by atoms with Crippen molar-refractivity contribution in [1.82, 2.24) is 0 Å². The number of ether oxygens (including phenoxy) is 3. The van der Waals surface area contributed by atoms with Gasteiger partial charge in [-0.25, -0.2) is 0 Å². The van der Waals surface area contributed by atoms with Gasteiger partial charge in [0, 0.05) is 12.7 Å². The third kappa shape index (κ3) is 3.07. The van der Waals surface area contributed by atoms with Crippen molar-refractivity contribution in [2.75, 3.05) is 19.2 Å². The molecule has 2 aliphatic rings. The summed E-state index contributed by atoms with van der Waals surface area (Å²) in [6.07, 6.45) is 1.65. The fourth-order valence-corrected chi connectivity index (χ4v) is 4.02. The SMILES string of the molecule is COc1ccccc1-c1ccc(C)c(NC(=O)C2(c3ccc4c(c3)OCO4)CC2)c1.[HH]. The summed E-state index contributed by atoms with van der Waals surface area (Å²) in [5.41, 5.74) is 4.30. The molecule has 1 N–H and O–H groups in total. The van der Waals surface area contributed by atoms with Crippen LogP contribution in [0.2, 0.25) is 0 Å². The van der Waals surface area contributed by atoms with E-state index in [4.69, 9.17) is 14.2 Å². The predicted octanol–water partition coefficient (Wildman–Crippen LogP) is 5.32. The Labute approximate surface area is 177 Å². The number of benzene rings is 3. The number of hydrogen-bond acceptors (Lipinski definition) is 4. The maximum absolute atomic E-state index is 13.3. The normalized spacial score (nSPS) is 15.5. The second kappa shape index (κ2) is 7.10. The third-order valence-electron chi connectivity index (χ3n) is 6.01. The van der Waals surface area contributed by atoms with Gasteiger partial charge in [0.2, 0.25) is 12.7 Å². The summed E-state index contributed by atoms with van der Waals surface area (Å²) < 4.78 is 16.4. The summed E-state index contributed by atoms with van der Waals surface area (Å²) in [6, 6.07) is 19.8. The van der Waals surface area contributed by atoms with Crippen LogP contribution in [0.4, 0.5) is 5.69 Å². The minimum atomic E-state index is -0.506. The average molecular weight is 403 g/mol. The standard InChI is InChI=1S/C25H23NO4.H2/c1-16-7-8-17(19-5-3-4-6-21(19)28-2)13-20(16)26-24(27)25(11-12-25)18-9-10-22-23(14-18)30-15-29-22;/h3-10,13-14H,11-12,15H2,1-2H3,(H,26,27);1H. The van der Waals surface area contributed by atoms with Gasteiger partial charge in [-0.05, 0) is 60.7 Å². The lowest BCUT2D eigenvalue weighted by molar-refractivity contribution is -0.118. The van der Waals surface area contributed by atoms with Crippen LogP contribution in [0.15, 0.2) is 60.7 Å². The van der Waals surface area contributed by atoms with E-state index in [2.05, 4.69) is 5.32 Å². The highest BCUT2D eigenvalue weighted by Gasteiger charge is 2.51. The minimum Gasteiger partial charge on any atom is -0.496 e. The number of methoxy groups -OCH3 is 1. The van der Waals surface area contributed by atoms with E-state index in [-0.39, 0.29) is 14.1 Å². The molecule has 1 aliphatic carbocycles. The number of anilines is 1. The zero-order valence-electron chi connectivity index (χ0n) is 17.0. The number of aryl methyl sites for hydroxylation is 1. The number of amides is 1. The highest BCUT2D eigenvalue weighted by Crippen LogP contribution is 2.51. The topological polar surface area (TPSA) is 56.8 Å². The molecule has 0 spiro atoms. The van der Waals surface area contributed by atoms with Crippen LogP contribution in [0.1, 0.15) is 25.4 Å². The Morgan fingerprint density at radius 3 is 2.63 bits per heavy atom. The number of carbonyl (C=O) groups is 1. The molecule has 0 aromatic heterocycles. The van der Waals surface area contributed by atoms with Crippen molar-refractivity contribution in [3.8, 4) is 28.4 Å². The lowest BCUT2D eigenvalue weighted by Crippen LogP contribution is -2.28. The second-order valence-electron chi connectivity index (χ2n) is 7.83. The molecule has 0 unspecified atom stereocenters. The first-order valence-corrected chi connectivity index (χ1v) is 10.1. The van der Waals surface area contributed by atoms with Crippen molar-refractivity contribution < 1.29 is 20.4 Å². The van der Waals surface area contributed by atoms with Crippen LogP contribution in [0.5, 0.6) is 17.2 Å². The number of hydrogen-bond donors (Lipinski definition) is 1. The van der Waals surface area contributed by atoms with Crippen molar-refractivity contribution in [3.63, 3.8) is 0 Å². The summed E-state index contributed by atoms with van der Waals surface area (Å²) in [5, 5.41) is 3.18. The lowest BCUT2D eigenvalue weighted by atomic mass is 9.94. The fraction of sp³-hybridized carbons (Fsp3) is 0.240. The quantitative estimate of drug-likeness (QED) is 0.627. The molecule has 1 amide bonds. The van der Waals surface area contributed by atoms with E-state index in [0.717, 1.165) is 52.3 Å². The van der Waals surface area contributed by atoms with Gasteiger partial charge in [0.1, 0.15) is 5.75 Å². The van der Waals surface area contributed by atoms with Crippen LogP contribution in [0, 0.1) is 6.92 Å². The van der Waals surface area contributed by atoms with Crippen molar-refractivity contribution in [1.29, 1.82) is 0 Å². The molecule has 5 nitrogen and oxygen atoms in total. The molecule has 3 aromatic carbocycles. The zero-order valence-corrected chi connectivity index (χ0v) is 17.0. The van der Waals surface area contributed by atoms with Gasteiger partial charge >= 0.3 is 0 Å². The highest BCUT2D eigenvalue weighted by atomic mass is 16.7. The van der Waals surface area contributed by atoms with Gasteiger partial charge in [0.25, 0.3) is 0 Å². The Morgan fingerprint density at radius 2 is 1.83 bits per heavy atom. The van der Waals surface area contributed by atoms with E-state index in [1.54, 1.807) is 7.11 Å². The predicted molar refractivity (Wildman–Crippen MR) is 117 cm³/mol. The van der Waals surface area contributed by atoms with Crippen molar-refractivity contribution >= 4 is 11.6 Å². The monoisotopic (exact) mass is 403 g/mol. The van der Waals surface area contributed by atoms with Crippen molar-refractivity contribution in [3.05, 3.63) is 71.8 Å². The van der Waals surface area contributed by atoms with E-state index < -0.39 is 5.41 Å². The van der Waals surface area contributed by atoms with Gasteiger partial charge in [-0.3, -0.25) is 4.79 Å². The summed E-state index contributed by atoms with van der Waals surface area (Å²) in [7, 11) is 1.66. The molecule has 1 fully saturated rings. The Kier molecular flexibility index (Phi) is 4.39. The Bertz CT molecular complexity index is 1140. The van der Waals surface area contributed by atoms with Crippen molar-refractivity contribution in [2.45, 2.75) is 25.2 Å². The van der Waals surface area contributed by atoms with E-state index in [9.17, 15) is 4.79 Å². The molecule has 0 atom stereocenters. The molecule has 1 saturated carbocycles. The summed E-state index contributed by atoms with van der Waals surface area (Å²) in [5.74, 6) is 2.26. The van der Waals surface area contributed by atoms with Crippen LogP contribution in [0.3, 0.4) is 0 Å². The molecule has 0 radical (unpaired) electrons. The van der Waals surface area contributed by atoms with E-state index in [1.807, 2.05) is 67.6 Å². The molecule has 5 heteroatoms. The summed E-state index contributed by atoms with van der Waals surface area (Å²) in [6.45, 7) is 2.23. The maximum Gasteiger partial charge on any atom is 0.235 e. The van der Waals surface area contributed by atoms with Crippen LogP contribution >= 0.6 is 0 Å². The number of para-hydroxylation sites is 1. The molecular formula is C25H25NO4. The van der Waals surface area contributed by atoms with Crippen LogP contribution in [-0.4, -0.2) is 19.8 Å². The van der Waals surface area contributed by atoms with Crippen molar-refractivity contribution in [2.24, 2.45) is 0 Å². The molecule has 0 bridgehead atoms. The van der Waals surface area contributed by atoms with Crippen LogP contribution in [0.25, 0.3) is 11.1 Å². The zero-order chi connectivity index (χ0) is 20.7. The maximum atomic E-state index is 13.3. The Balaban J connectivity index is 0.00000231. The molecule has 1 aliphatic heterocycles. The molecular weight excluding hydrogens is 378 g/mol. The molecule has 0 saturated heterocycles. The highest BCUT2D eigenvalue weighted by molar-refractivity contribution is 6.02. The summed E-state index contributed by atoms with van der Waals surface area (Å²) in [4.78, 5) is 13.3. The van der Waals surface area contributed by atoms with Gasteiger partial charge in [-0.1, -0.05) is 36.4 Å². The van der Waals surface area contributed by atoms with Gasteiger partial charge in [0.15, 0.2) is 11.5 Å². The van der Waals surface area contributed by atoms with Crippen LogP contribution in [-0.2, 0) is 10.2 Å². The van der Waals surface area contributed by atoms with Gasteiger partial charge < -0.3 is 19.5 Å². The largest absolute Gasteiger partial charge is 0.496 e. The molecule has 30 heavy (non-hydrogen) atoms. The fourth-order valence-electron chi connectivity index (χ4n) is 4.02. The molecule has 5 rings (SSSR count). The first-order chi connectivity index (χ1) is 14.6. The van der Waals surface area contributed by atoms with Gasteiger partial charge in [-0.2, -0.15) is 0 Å². The first-order valence-electron chi connectivity index (χ1n) is 10.1. The van der Waals surface area contributed by atoms with Gasteiger partial charge in [-0.15, -0.1) is 0 Å². The molecule has 1 heterocycles. The number of rotatable bonds is 5. The lowest BCUT2D eigenvalue weighted by Gasteiger charge is -2.18. The van der Waals surface area contributed by atoms with E-state index >= 15 is 0 Å². The minimum absolute atomic E-state index is 0. The van der Waals surface area contributed by atoms with Crippen LogP contribution < -0.4 is 19.5 Å². The number of carbonyl (C=O) groups excluding carboxylic acids is 1. The Hall–Kier alpha value is -3.47. The second-order valence-corrected chi connectivity index (χ2v) is 7.83. The smallest absolute Gasteiger partial charge is 0.235 e. The van der Waals surface area contributed by atoms with E-state index in [0.29, 0.717) is 5.75 Å². The average Bonchev–Trinajstić information content (AvgIpc) is 3.46. The number of fused-ring (bicyclic) bond motifs is 1.